The second-order valence-electron chi connectivity index (χ2n) is 5.12. The van der Waals surface area contributed by atoms with E-state index < -0.39 is 0 Å². The first-order valence-electron chi connectivity index (χ1n) is 7.54. The lowest BCUT2D eigenvalue weighted by Crippen LogP contribution is -2.28. The summed E-state index contributed by atoms with van der Waals surface area (Å²) in [4.78, 5) is 12.1. The molecule has 2 rings (SSSR count). The molecule has 0 radical (unpaired) electrons. The molecule has 1 atom stereocenters. The Bertz CT molecular complexity index is 645. The minimum absolute atomic E-state index is 0.00870. The zero-order chi connectivity index (χ0) is 16.7. The van der Waals surface area contributed by atoms with Crippen molar-refractivity contribution in [3.63, 3.8) is 0 Å². The van der Waals surface area contributed by atoms with E-state index in [0.29, 0.717) is 5.75 Å². The molecular formula is C16H21N3OS3. The van der Waals surface area contributed by atoms with Gasteiger partial charge in [-0.1, -0.05) is 66.0 Å². The van der Waals surface area contributed by atoms with Gasteiger partial charge in [-0.05, 0) is 31.4 Å². The molecule has 0 aliphatic heterocycles. The molecule has 0 saturated carbocycles. The third-order valence-electron chi connectivity index (χ3n) is 3.18. The van der Waals surface area contributed by atoms with Gasteiger partial charge in [-0.15, -0.1) is 10.2 Å². The van der Waals surface area contributed by atoms with Gasteiger partial charge < -0.3 is 5.32 Å². The third kappa shape index (κ3) is 5.82. The number of hydrogen-bond donors (Lipinski definition) is 1. The number of hydrogen-bond acceptors (Lipinski definition) is 6. The van der Waals surface area contributed by atoms with E-state index >= 15 is 0 Å². The topological polar surface area (TPSA) is 54.9 Å². The molecule has 0 saturated heterocycles. The van der Waals surface area contributed by atoms with Crippen LogP contribution in [-0.2, 0) is 4.79 Å². The molecule has 1 amide bonds. The van der Waals surface area contributed by atoms with Crippen LogP contribution in [0.2, 0.25) is 0 Å². The van der Waals surface area contributed by atoms with Crippen LogP contribution in [0.15, 0.2) is 32.9 Å². The number of aryl methyl sites for hydroxylation is 1. The van der Waals surface area contributed by atoms with Crippen molar-refractivity contribution in [2.75, 3.05) is 11.5 Å². The Morgan fingerprint density at radius 1 is 1.26 bits per heavy atom. The van der Waals surface area contributed by atoms with Crippen LogP contribution in [0, 0.1) is 6.92 Å². The van der Waals surface area contributed by atoms with E-state index in [-0.39, 0.29) is 11.9 Å². The highest BCUT2D eigenvalue weighted by Gasteiger charge is 2.13. The molecule has 0 spiro atoms. The number of nitrogens with zero attached hydrogens (tertiary/aromatic N) is 2. The fourth-order valence-electron chi connectivity index (χ4n) is 2.06. The molecule has 1 N–H and O–H groups in total. The summed E-state index contributed by atoms with van der Waals surface area (Å²) in [6.07, 6.45) is 1.12. The molecule has 0 unspecified atom stereocenters. The number of carbonyl (C=O) groups excluding carboxylic acids is 1. The predicted octanol–water partition coefficient (Wildman–Crippen LogP) is 4.32. The van der Waals surface area contributed by atoms with Crippen molar-refractivity contribution in [1.82, 2.24) is 15.5 Å². The largest absolute Gasteiger partial charge is 0.349 e. The number of nitrogens with one attached hydrogen (secondary N) is 1. The van der Waals surface area contributed by atoms with Gasteiger partial charge in [-0.3, -0.25) is 4.79 Å². The van der Waals surface area contributed by atoms with Crippen molar-refractivity contribution in [2.45, 2.75) is 41.9 Å². The fourth-order valence-corrected chi connectivity index (χ4v) is 4.82. The number of aromatic nitrogens is 2. The lowest BCUT2D eigenvalue weighted by Gasteiger charge is -2.16. The molecule has 0 fully saturated rings. The van der Waals surface area contributed by atoms with E-state index in [1.807, 2.05) is 19.1 Å². The van der Waals surface area contributed by atoms with Crippen molar-refractivity contribution in [1.29, 1.82) is 0 Å². The maximum atomic E-state index is 12.1. The lowest BCUT2D eigenvalue weighted by molar-refractivity contribution is -0.119. The number of rotatable bonds is 8. The highest BCUT2D eigenvalue weighted by atomic mass is 32.2. The third-order valence-corrected chi connectivity index (χ3v) is 6.57. The maximum absolute atomic E-state index is 12.1. The SMILES string of the molecule is CCCSc1nnc(SCC(=O)N[C@H](C)c2ccccc2C)s1. The predicted molar refractivity (Wildman–Crippen MR) is 99.4 cm³/mol. The van der Waals surface area contributed by atoms with Gasteiger partial charge in [0, 0.05) is 5.75 Å². The van der Waals surface area contributed by atoms with Crippen LogP contribution in [0.3, 0.4) is 0 Å². The van der Waals surface area contributed by atoms with Crippen molar-refractivity contribution in [3.05, 3.63) is 35.4 Å². The van der Waals surface area contributed by atoms with Crippen molar-refractivity contribution in [2.24, 2.45) is 0 Å². The molecular weight excluding hydrogens is 346 g/mol. The summed E-state index contributed by atoms with van der Waals surface area (Å²) in [5.41, 5.74) is 2.34. The molecule has 0 aliphatic rings. The second kappa shape index (κ2) is 9.30. The minimum atomic E-state index is 0.00870. The summed E-state index contributed by atoms with van der Waals surface area (Å²) in [6.45, 7) is 6.21. The molecule has 0 aliphatic carbocycles. The van der Waals surface area contributed by atoms with Crippen LogP contribution < -0.4 is 5.32 Å². The molecule has 23 heavy (non-hydrogen) atoms. The average Bonchev–Trinajstić information content (AvgIpc) is 2.99. The first-order valence-corrected chi connectivity index (χ1v) is 10.3. The Balaban J connectivity index is 1.81. The maximum Gasteiger partial charge on any atom is 0.230 e. The molecule has 0 bridgehead atoms. The van der Waals surface area contributed by atoms with Gasteiger partial charge >= 0.3 is 0 Å². The van der Waals surface area contributed by atoms with Crippen molar-refractivity contribution < 1.29 is 4.79 Å². The molecule has 7 heteroatoms. The van der Waals surface area contributed by atoms with Crippen LogP contribution in [0.4, 0.5) is 0 Å². The van der Waals surface area contributed by atoms with E-state index in [0.717, 1.165) is 26.4 Å². The van der Waals surface area contributed by atoms with Gasteiger partial charge in [0.15, 0.2) is 8.68 Å². The Labute approximate surface area is 149 Å². The van der Waals surface area contributed by atoms with E-state index in [1.165, 1.54) is 17.3 Å². The number of benzene rings is 1. The molecule has 1 heterocycles. The molecule has 1 aromatic heterocycles. The summed E-state index contributed by atoms with van der Waals surface area (Å²) in [6, 6.07) is 8.12. The van der Waals surface area contributed by atoms with E-state index in [4.69, 9.17) is 0 Å². The summed E-state index contributed by atoms with van der Waals surface area (Å²) < 4.78 is 1.82. The van der Waals surface area contributed by atoms with Gasteiger partial charge in [0.2, 0.25) is 5.91 Å². The molecule has 2 aromatic rings. The Hall–Kier alpha value is -1.05. The van der Waals surface area contributed by atoms with Gasteiger partial charge in [0.25, 0.3) is 0 Å². The normalized spacial score (nSPS) is 12.1. The molecule has 4 nitrogen and oxygen atoms in total. The van der Waals surface area contributed by atoms with E-state index in [2.05, 4.69) is 41.5 Å². The van der Waals surface area contributed by atoms with Gasteiger partial charge in [-0.25, -0.2) is 0 Å². The quantitative estimate of drug-likeness (QED) is 0.704. The molecule has 124 valence electrons. The van der Waals surface area contributed by atoms with E-state index in [9.17, 15) is 4.79 Å². The number of thioether (sulfide) groups is 2. The number of carbonyl (C=O) groups is 1. The van der Waals surface area contributed by atoms with Crippen LogP contribution in [-0.4, -0.2) is 27.6 Å². The zero-order valence-corrected chi connectivity index (χ0v) is 16.0. The summed E-state index contributed by atoms with van der Waals surface area (Å²) >= 11 is 4.72. The van der Waals surface area contributed by atoms with Gasteiger partial charge in [0.05, 0.1) is 11.8 Å². The van der Waals surface area contributed by atoms with E-state index in [1.54, 1.807) is 23.1 Å². The lowest BCUT2D eigenvalue weighted by atomic mass is 10.0. The summed E-state index contributed by atoms with van der Waals surface area (Å²) in [5.74, 6) is 1.43. The fraction of sp³-hybridized carbons (Fsp3) is 0.438. The van der Waals surface area contributed by atoms with Crippen LogP contribution in [0.5, 0.6) is 0 Å². The Morgan fingerprint density at radius 3 is 2.65 bits per heavy atom. The van der Waals surface area contributed by atoms with Crippen molar-refractivity contribution in [3.8, 4) is 0 Å². The summed E-state index contributed by atoms with van der Waals surface area (Å²) in [5, 5.41) is 11.3. The Morgan fingerprint density at radius 2 is 1.96 bits per heavy atom. The van der Waals surface area contributed by atoms with Gasteiger partial charge in [0.1, 0.15) is 0 Å². The van der Waals surface area contributed by atoms with Crippen LogP contribution in [0.1, 0.15) is 37.4 Å². The highest BCUT2D eigenvalue weighted by molar-refractivity contribution is 8.03. The second-order valence-corrected chi connectivity index (χ2v) is 8.66. The number of amides is 1. The van der Waals surface area contributed by atoms with Crippen molar-refractivity contribution >= 4 is 40.8 Å². The van der Waals surface area contributed by atoms with Gasteiger partial charge in [-0.2, -0.15) is 0 Å². The summed E-state index contributed by atoms with van der Waals surface area (Å²) in [7, 11) is 0. The molecule has 1 aromatic carbocycles. The first kappa shape index (κ1) is 18.3. The minimum Gasteiger partial charge on any atom is -0.349 e. The Kier molecular flexibility index (Phi) is 7.39. The monoisotopic (exact) mass is 367 g/mol. The van der Waals surface area contributed by atoms with Crippen LogP contribution in [0.25, 0.3) is 0 Å². The first-order chi connectivity index (χ1) is 11.1. The average molecular weight is 368 g/mol. The smallest absolute Gasteiger partial charge is 0.230 e. The van der Waals surface area contributed by atoms with Crippen LogP contribution >= 0.6 is 34.9 Å². The standard InChI is InChI=1S/C16H21N3OS3/c1-4-9-21-15-18-19-16(23-15)22-10-14(20)17-12(3)13-8-6-5-7-11(13)2/h5-8,12H,4,9-10H2,1-3H3,(H,17,20)/t12-/m1/s1. The highest BCUT2D eigenvalue weighted by Crippen LogP contribution is 2.29. The zero-order valence-electron chi connectivity index (χ0n) is 13.5.